The smallest absolute Gasteiger partial charge is 0.308 e. The van der Waals surface area contributed by atoms with Crippen LogP contribution in [0.5, 0.6) is 0 Å². The van der Waals surface area contributed by atoms with Crippen molar-refractivity contribution in [2.45, 2.75) is 40.3 Å². The summed E-state index contributed by atoms with van der Waals surface area (Å²) in [5.41, 5.74) is -0.0802. The van der Waals surface area contributed by atoms with Gasteiger partial charge in [-0.25, -0.2) is 14.3 Å². The van der Waals surface area contributed by atoms with E-state index in [1.54, 1.807) is 11.0 Å². The van der Waals surface area contributed by atoms with Gasteiger partial charge in [0.15, 0.2) is 5.82 Å². The number of nitrogens with zero attached hydrogens (tertiary/aromatic N) is 7. The molecule has 114 valence electrons. The Hall–Kier alpha value is -2.32. The van der Waals surface area contributed by atoms with E-state index in [4.69, 9.17) is 0 Å². The molecule has 1 atom stereocenters. The zero-order valence-electron chi connectivity index (χ0n) is 12.3. The highest BCUT2D eigenvalue weighted by Crippen LogP contribution is 2.25. The molecule has 21 heavy (non-hydrogen) atoms. The topological polar surface area (TPSA) is 112 Å². The third-order valence-electron chi connectivity index (χ3n) is 2.98. The maximum absolute atomic E-state index is 11.4. The summed E-state index contributed by atoms with van der Waals surface area (Å²) in [6.45, 7) is 6.63. The van der Waals surface area contributed by atoms with Crippen molar-refractivity contribution in [3.63, 3.8) is 0 Å². The zero-order valence-corrected chi connectivity index (χ0v) is 12.3. The van der Waals surface area contributed by atoms with Crippen LogP contribution in [-0.4, -0.2) is 46.0 Å². The highest BCUT2D eigenvalue weighted by atomic mass is 16.4. The number of tetrazole rings is 1. The molecule has 0 spiro atoms. The van der Waals surface area contributed by atoms with E-state index < -0.39 is 11.9 Å². The van der Waals surface area contributed by atoms with Crippen molar-refractivity contribution in [3.8, 4) is 0 Å². The molecule has 0 radical (unpaired) electrons. The first-order valence-electron chi connectivity index (χ1n) is 6.65. The molecule has 0 aliphatic heterocycles. The number of aromatic nitrogens is 7. The molecule has 0 bridgehead atoms. The Morgan fingerprint density at radius 3 is 2.76 bits per heavy atom. The molecule has 9 nitrogen and oxygen atoms in total. The average molecular weight is 293 g/mol. The molecule has 1 N–H and O–H groups in total. The molecule has 0 saturated heterocycles. The number of hydrogen-bond acceptors (Lipinski definition) is 6. The molecule has 2 aromatic heterocycles. The number of rotatable bonds is 6. The second-order valence-corrected chi connectivity index (χ2v) is 6.17. The second kappa shape index (κ2) is 5.98. The van der Waals surface area contributed by atoms with Crippen LogP contribution >= 0.6 is 0 Å². The van der Waals surface area contributed by atoms with E-state index in [1.165, 1.54) is 11.0 Å². The molecule has 2 heterocycles. The van der Waals surface area contributed by atoms with Gasteiger partial charge in [-0.3, -0.25) is 4.79 Å². The minimum absolute atomic E-state index is 0.0802. The van der Waals surface area contributed by atoms with Crippen molar-refractivity contribution in [1.82, 2.24) is 35.0 Å². The Kier molecular flexibility index (Phi) is 4.29. The number of hydrogen-bond donors (Lipinski definition) is 1. The van der Waals surface area contributed by atoms with Crippen LogP contribution in [0.3, 0.4) is 0 Å². The molecule has 0 aliphatic carbocycles. The maximum atomic E-state index is 11.4. The minimum atomic E-state index is -0.841. The summed E-state index contributed by atoms with van der Waals surface area (Å²) >= 11 is 0. The lowest BCUT2D eigenvalue weighted by atomic mass is 9.84. The molecule has 2 rings (SSSR count). The van der Waals surface area contributed by atoms with Gasteiger partial charge < -0.3 is 5.11 Å². The predicted molar refractivity (Wildman–Crippen MR) is 72.1 cm³/mol. The summed E-state index contributed by atoms with van der Waals surface area (Å²) in [5, 5.41) is 24.8. The molecule has 2 aromatic rings. The van der Waals surface area contributed by atoms with Crippen LogP contribution in [0.25, 0.3) is 0 Å². The summed E-state index contributed by atoms with van der Waals surface area (Å²) in [5.74, 6) is -0.823. The van der Waals surface area contributed by atoms with Crippen LogP contribution in [0.4, 0.5) is 0 Å². The van der Waals surface area contributed by atoms with Gasteiger partial charge in [0, 0.05) is 0 Å². The van der Waals surface area contributed by atoms with Crippen molar-refractivity contribution in [2.24, 2.45) is 11.3 Å². The third kappa shape index (κ3) is 4.33. The SMILES string of the molecule is CC(C)(C)CC(Cn1nnnc1Cn1cncn1)C(=O)O. The summed E-state index contributed by atoms with van der Waals surface area (Å²) in [6, 6.07) is 0. The number of aliphatic carboxylic acids is 1. The first-order chi connectivity index (χ1) is 9.85. The Morgan fingerprint density at radius 1 is 1.43 bits per heavy atom. The quantitative estimate of drug-likeness (QED) is 0.822. The summed E-state index contributed by atoms with van der Waals surface area (Å²) in [4.78, 5) is 15.3. The van der Waals surface area contributed by atoms with Gasteiger partial charge in [-0.05, 0) is 22.3 Å². The molecule has 1 unspecified atom stereocenters. The lowest BCUT2D eigenvalue weighted by molar-refractivity contribution is -0.143. The normalized spacial score (nSPS) is 13.3. The number of carboxylic acids is 1. The summed E-state index contributed by atoms with van der Waals surface area (Å²) in [7, 11) is 0. The van der Waals surface area contributed by atoms with Gasteiger partial charge in [0.2, 0.25) is 0 Å². The third-order valence-corrected chi connectivity index (χ3v) is 2.98. The molecule has 0 fully saturated rings. The highest BCUT2D eigenvalue weighted by molar-refractivity contribution is 5.69. The van der Waals surface area contributed by atoms with Crippen LogP contribution in [0.15, 0.2) is 12.7 Å². The summed E-state index contributed by atoms with van der Waals surface area (Å²) in [6.07, 6.45) is 3.53. The van der Waals surface area contributed by atoms with E-state index in [0.29, 0.717) is 18.8 Å². The molecule has 0 aromatic carbocycles. The first-order valence-corrected chi connectivity index (χ1v) is 6.65. The fraction of sp³-hybridized carbons (Fsp3) is 0.667. The first kappa shape index (κ1) is 15.1. The van der Waals surface area contributed by atoms with E-state index >= 15 is 0 Å². The minimum Gasteiger partial charge on any atom is -0.481 e. The average Bonchev–Trinajstić information content (AvgIpc) is 3.00. The van der Waals surface area contributed by atoms with Gasteiger partial charge in [-0.2, -0.15) is 5.10 Å². The van der Waals surface area contributed by atoms with Crippen LogP contribution in [0.2, 0.25) is 0 Å². The maximum Gasteiger partial charge on any atom is 0.308 e. The van der Waals surface area contributed by atoms with Crippen molar-refractivity contribution in [1.29, 1.82) is 0 Å². The molecular weight excluding hydrogens is 274 g/mol. The molecule has 0 saturated carbocycles. The van der Waals surface area contributed by atoms with E-state index in [9.17, 15) is 9.90 Å². The van der Waals surface area contributed by atoms with Crippen molar-refractivity contribution in [2.75, 3.05) is 0 Å². The Bertz CT molecular complexity index is 585. The number of carbonyl (C=O) groups is 1. The van der Waals surface area contributed by atoms with Gasteiger partial charge in [0.25, 0.3) is 0 Å². The van der Waals surface area contributed by atoms with Gasteiger partial charge in [-0.1, -0.05) is 20.8 Å². The lowest BCUT2D eigenvalue weighted by Gasteiger charge is -2.23. The highest BCUT2D eigenvalue weighted by Gasteiger charge is 2.26. The van der Waals surface area contributed by atoms with Crippen LogP contribution in [0, 0.1) is 11.3 Å². The van der Waals surface area contributed by atoms with E-state index in [1.807, 2.05) is 20.8 Å². The largest absolute Gasteiger partial charge is 0.481 e. The van der Waals surface area contributed by atoms with Gasteiger partial charge in [-0.15, -0.1) is 5.10 Å². The second-order valence-electron chi connectivity index (χ2n) is 6.17. The van der Waals surface area contributed by atoms with E-state index in [2.05, 4.69) is 25.6 Å². The van der Waals surface area contributed by atoms with E-state index in [0.717, 1.165) is 0 Å². The van der Waals surface area contributed by atoms with Crippen LogP contribution in [0.1, 0.15) is 33.0 Å². The fourth-order valence-corrected chi connectivity index (χ4v) is 2.12. The molecular formula is C12H19N7O2. The Morgan fingerprint density at radius 2 is 2.19 bits per heavy atom. The van der Waals surface area contributed by atoms with Gasteiger partial charge in [0.05, 0.1) is 12.5 Å². The molecule has 9 heteroatoms. The van der Waals surface area contributed by atoms with Crippen LogP contribution < -0.4 is 0 Å². The zero-order chi connectivity index (χ0) is 15.5. The van der Waals surface area contributed by atoms with E-state index in [-0.39, 0.29) is 12.0 Å². The fourth-order valence-electron chi connectivity index (χ4n) is 2.12. The number of carboxylic acid groups (broad SMARTS) is 1. The predicted octanol–water partition coefficient (Wildman–Crippen LogP) is 0.450. The summed E-state index contributed by atoms with van der Waals surface area (Å²) < 4.78 is 3.11. The Labute approximate surface area is 122 Å². The standard InChI is InChI=1S/C12H19N7O2/c1-12(2,3)4-9(11(20)21)5-19-10(15-16-17-19)6-18-8-13-7-14-18/h7-9H,4-6H2,1-3H3,(H,20,21). The van der Waals surface area contributed by atoms with Gasteiger partial charge in [0.1, 0.15) is 19.2 Å². The van der Waals surface area contributed by atoms with Crippen molar-refractivity contribution in [3.05, 3.63) is 18.5 Å². The van der Waals surface area contributed by atoms with Crippen LogP contribution in [-0.2, 0) is 17.9 Å². The molecule has 0 amide bonds. The molecule has 0 aliphatic rings. The Balaban J connectivity index is 2.11. The van der Waals surface area contributed by atoms with Crippen molar-refractivity contribution < 1.29 is 9.90 Å². The lowest BCUT2D eigenvalue weighted by Crippen LogP contribution is -2.27. The van der Waals surface area contributed by atoms with Gasteiger partial charge >= 0.3 is 5.97 Å². The van der Waals surface area contributed by atoms with Crippen molar-refractivity contribution >= 4 is 5.97 Å². The monoisotopic (exact) mass is 293 g/mol.